The van der Waals surface area contributed by atoms with Crippen molar-refractivity contribution in [1.29, 1.82) is 0 Å². The first-order chi connectivity index (χ1) is 10.3. The maximum Gasteiger partial charge on any atom is 0.341 e. The van der Waals surface area contributed by atoms with Crippen LogP contribution in [0.5, 0.6) is 0 Å². The molecule has 0 saturated carbocycles. The highest BCUT2D eigenvalue weighted by atomic mass is 32.2. The second-order valence-electron chi connectivity index (χ2n) is 4.75. The first-order valence-corrected chi connectivity index (χ1v) is 7.87. The fraction of sp³-hybridized carbons (Fsp3) is 0.133. The Morgan fingerprint density at radius 2 is 1.82 bits per heavy atom. The zero-order valence-electron chi connectivity index (χ0n) is 11.7. The molecule has 0 aliphatic carbocycles. The summed E-state index contributed by atoms with van der Waals surface area (Å²) in [6.07, 6.45) is 0. The van der Waals surface area contributed by atoms with Gasteiger partial charge in [0, 0.05) is 0 Å². The Labute approximate surface area is 127 Å². The largest absolute Gasteiger partial charge is 0.457 e. The number of sulfonamides is 1. The smallest absolute Gasteiger partial charge is 0.341 e. The summed E-state index contributed by atoms with van der Waals surface area (Å²) in [5.41, 5.74) is 1.32. The van der Waals surface area contributed by atoms with Crippen molar-refractivity contribution in [3.63, 3.8) is 0 Å². The minimum absolute atomic E-state index is 0.0435. The SMILES string of the molecule is Cc1ccc(COC(=O)c2cc(S(N)(=O)=O)ccc2F)cc1. The van der Waals surface area contributed by atoms with Crippen molar-refractivity contribution in [1.82, 2.24) is 0 Å². The van der Waals surface area contributed by atoms with Crippen LogP contribution in [-0.2, 0) is 21.4 Å². The van der Waals surface area contributed by atoms with Crippen LogP contribution in [0.15, 0.2) is 47.4 Å². The summed E-state index contributed by atoms with van der Waals surface area (Å²) in [7, 11) is -4.02. The molecule has 0 aliphatic rings. The Bertz CT molecular complexity index is 801. The fourth-order valence-electron chi connectivity index (χ4n) is 1.75. The van der Waals surface area contributed by atoms with E-state index >= 15 is 0 Å². The first-order valence-electron chi connectivity index (χ1n) is 6.32. The molecule has 0 fully saturated rings. The highest BCUT2D eigenvalue weighted by Crippen LogP contribution is 2.16. The molecule has 0 aliphatic heterocycles. The third-order valence-electron chi connectivity index (χ3n) is 2.98. The van der Waals surface area contributed by atoms with Gasteiger partial charge in [-0.15, -0.1) is 0 Å². The van der Waals surface area contributed by atoms with Crippen LogP contribution in [0.2, 0.25) is 0 Å². The molecule has 0 saturated heterocycles. The van der Waals surface area contributed by atoms with Gasteiger partial charge in [0.1, 0.15) is 12.4 Å². The van der Waals surface area contributed by atoms with E-state index in [0.717, 1.165) is 29.3 Å². The fourth-order valence-corrected chi connectivity index (χ4v) is 2.29. The van der Waals surface area contributed by atoms with E-state index in [-0.39, 0.29) is 11.5 Å². The number of carbonyl (C=O) groups is 1. The highest BCUT2D eigenvalue weighted by molar-refractivity contribution is 7.89. The minimum Gasteiger partial charge on any atom is -0.457 e. The third-order valence-corrected chi connectivity index (χ3v) is 3.89. The summed E-state index contributed by atoms with van der Waals surface area (Å²) >= 11 is 0. The Kier molecular flexibility index (Phi) is 4.58. The van der Waals surface area contributed by atoms with Crippen LogP contribution in [0.25, 0.3) is 0 Å². The molecule has 22 heavy (non-hydrogen) atoms. The van der Waals surface area contributed by atoms with E-state index in [2.05, 4.69) is 0 Å². The maximum atomic E-state index is 13.7. The molecule has 5 nitrogen and oxygen atoms in total. The number of rotatable bonds is 4. The molecule has 2 aromatic carbocycles. The molecule has 2 aromatic rings. The van der Waals surface area contributed by atoms with Crippen molar-refractivity contribution in [3.05, 3.63) is 65.0 Å². The Hall–Kier alpha value is -2.25. The molecular weight excluding hydrogens is 309 g/mol. The second-order valence-corrected chi connectivity index (χ2v) is 6.31. The van der Waals surface area contributed by atoms with Crippen LogP contribution < -0.4 is 5.14 Å². The zero-order chi connectivity index (χ0) is 16.3. The first kappa shape index (κ1) is 16.1. The molecule has 0 heterocycles. The molecule has 0 radical (unpaired) electrons. The quantitative estimate of drug-likeness (QED) is 0.873. The molecule has 7 heteroatoms. The van der Waals surface area contributed by atoms with E-state index in [9.17, 15) is 17.6 Å². The molecule has 2 rings (SSSR count). The summed E-state index contributed by atoms with van der Waals surface area (Å²) in [4.78, 5) is 11.5. The van der Waals surface area contributed by atoms with Crippen molar-refractivity contribution >= 4 is 16.0 Å². The Balaban J connectivity index is 2.17. The van der Waals surface area contributed by atoms with Gasteiger partial charge in [0.25, 0.3) is 0 Å². The molecule has 2 N–H and O–H groups in total. The van der Waals surface area contributed by atoms with E-state index in [1.165, 1.54) is 0 Å². The van der Waals surface area contributed by atoms with Crippen LogP contribution in [0.1, 0.15) is 21.5 Å². The molecule has 0 amide bonds. The lowest BCUT2D eigenvalue weighted by atomic mass is 10.2. The summed E-state index contributed by atoms with van der Waals surface area (Å²) < 4.78 is 41.1. The van der Waals surface area contributed by atoms with Crippen molar-refractivity contribution in [2.24, 2.45) is 5.14 Å². The van der Waals surface area contributed by atoms with Crippen molar-refractivity contribution < 1.29 is 22.3 Å². The van der Waals surface area contributed by atoms with Crippen molar-refractivity contribution in [3.8, 4) is 0 Å². The Morgan fingerprint density at radius 1 is 1.18 bits per heavy atom. The number of primary sulfonamides is 1. The summed E-state index contributed by atoms with van der Waals surface area (Å²) in [5.74, 6) is -1.83. The van der Waals surface area contributed by atoms with Gasteiger partial charge < -0.3 is 4.74 Å². The molecular formula is C15H14FNO4S. The van der Waals surface area contributed by atoms with Crippen molar-refractivity contribution in [2.75, 3.05) is 0 Å². The topological polar surface area (TPSA) is 86.5 Å². The number of ether oxygens (including phenoxy) is 1. The van der Waals surface area contributed by atoms with Gasteiger partial charge in [-0.2, -0.15) is 0 Å². The standard InChI is InChI=1S/C15H14FNO4S/c1-10-2-4-11(5-3-10)9-21-15(18)13-8-12(22(17,19)20)6-7-14(13)16/h2-8H,9H2,1H3,(H2,17,19,20). The molecule has 0 unspecified atom stereocenters. The van der Waals surface area contributed by atoms with E-state index in [0.29, 0.717) is 0 Å². The number of nitrogens with two attached hydrogens (primary N) is 1. The van der Waals surface area contributed by atoms with Gasteiger partial charge >= 0.3 is 5.97 Å². The van der Waals surface area contributed by atoms with E-state index in [4.69, 9.17) is 9.88 Å². The number of aryl methyl sites for hydroxylation is 1. The number of hydrogen-bond acceptors (Lipinski definition) is 4. The van der Waals surface area contributed by atoms with Gasteiger partial charge in [-0.05, 0) is 30.7 Å². The minimum atomic E-state index is -4.02. The lowest BCUT2D eigenvalue weighted by Crippen LogP contribution is -2.14. The van der Waals surface area contributed by atoms with Crippen LogP contribution in [0.3, 0.4) is 0 Å². The number of carbonyl (C=O) groups excluding carboxylic acids is 1. The molecule has 0 aromatic heterocycles. The van der Waals surface area contributed by atoms with E-state index < -0.39 is 27.4 Å². The lowest BCUT2D eigenvalue weighted by Gasteiger charge is -2.07. The molecule has 116 valence electrons. The number of halogens is 1. The molecule has 0 atom stereocenters. The van der Waals surface area contributed by atoms with Crippen molar-refractivity contribution in [2.45, 2.75) is 18.4 Å². The van der Waals surface area contributed by atoms with Crippen LogP contribution >= 0.6 is 0 Å². The number of esters is 1. The Morgan fingerprint density at radius 3 is 2.41 bits per heavy atom. The number of benzene rings is 2. The number of hydrogen-bond donors (Lipinski definition) is 1. The van der Waals surface area contributed by atoms with E-state index in [1.54, 1.807) is 12.1 Å². The van der Waals surface area contributed by atoms with Gasteiger partial charge in [0.05, 0.1) is 10.5 Å². The predicted molar refractivity (Wildman–Crippen MR) is 78.1 cm³/mol. The predicted octanol–water partition coefficient (Wildman–Crippen LogP) is 2.14. The van der Waals surface area contributed by atoms with Gasteiger partial charge in [0.15, 0.2) is 0 Å². The highest BCUT2D eigenvalue weighted by Gasteiger charge is 2.18. The summed E-state index contributed by atoms with van der Waals surface area (Å²) in [5, 5.41) is 4.95. The van der Waals surface area contributed by atoms with Gasteiger partial charge in [-0.3, -0.25) is 0 Å². The normalized spacial score (nSPS) is 11.2. The van der Waals surface area contributed by atoms with Crippen LogP contribution in [0, 0.1) is 12.7 Å². The summed E-state index contributed by atoms with van der Waals surface area (Å²) in [6.45, 7) is 1.88. The van der Waals surface area contributed by atoms with Crippen LogP contribution in [-0.4, -0.2) is 14.4 Å². The monoisotopic (exact) mass is 323 g/mol. The molecule has 0 spiro atoms. The van der Waals surface area contributed by atoms with Gasteiger partial charge in [-0.25, -0.2) is 22.7 Å². The van der Waals surface area contributed by atoms with Crippen LogP contribution in [0.4, 0.5) is 4.39 Å². The van der Waals surface area contributed by atoms with Gasteiger partial charge in [-0.1, -0.05) is 29.8 Å². The molecule has 0 bridgehead atoms. The van der Waals surface area contributed by atoms with E-state index in [1.807, 2.05) is 19.1 Å². The average molecular weight is 323 g/mol. The lowest BCUT2D eigenvalue weighted by molar-refractivity contribution is 0.0467. The maximum absolute atomic E-state index is 13.7. The third kappa shape index (κ3) is 3.90. The average Bonchev–Trinajstić information content (AvgIpc) is 2.45. The summed E-state index contributed by atoms with van der Waals surface area (Å²) in [6, 6.07) is 9.97. The second kappa shape index (κ2) is 6.25. The van der Waals surface area contributed by atoms with Gasteiger partial charge in [0.2, 0.25) is 10.0 Å². The zero-order valence-corrected chi connectivity index (χ0v) is 12.6.